The third-order valence-electron chi connectivity index (χ3n) is 6.73. The molecule has 12 heteroatoms. The number of amides is 1. The molecule has 2 heterocycles. The molecule has 0 aliphatic carbocycles. The van der Waals surface area contributed by atoms with Crippen LogP contribution in [0.15, 0.2) is 52.3 Å². The minimum absolute atomic E-state index is 0. The first-order valence-corrected chi connectivity index (χ1v) is 16.4. The van der Waals surface area contributed by atoms with Crippen molar-refractivity contribution in [3.05, 3.63) is 48.0 Å². The van der Waals surface area contributed by atoms with Crippen molar-refractivity contribution >= 4 is 66.8 Å². The van der Waals surface area contributed by atoms with Crippen molar-refractivity contribution in [2.24, 2.45) is 0 Å². The topological polar surface area (TPSA) is 83.1 Å². The van der Waals surface area contributed by atoms with Crippen molar-refractivity contribution in [3.63, 3.8) is 0 Å². The summed E-state index contributed by atoms with van der Waals surface area (Å²) in [4.78, 5) is 23.9. The Bertz CT molecular complexity index is 1350. The zero-order chi connectivity index (χ0) is 27.4. The molecule has 39 heavy (non-hydrogen) atoms. The number of para-hydroxylation sites is 1. The average Bonchev–Trinajstić information content (AvgIpc) is 3.34. The van der Waals surface area contributed by atoms with Crippen molar-refractivity contribution in [2.75, 3.05) is 50.4 Å². The van der Waals surface area contributed by atoms with Crippen LogP contribution in [0.2, 0.25) is 0 Å². The number of thiazole rings is 1. The molecule has 0 N–H and O–H groups in total. The Kier molecular flexibility index (Phi) is 11.2. The zero-order valence-corrected chi connectivity index (χ0v) is 26.3. The van der Waals surface area contributed by atoms with E-state index < -0.39 is 10.0 Å². The molecule has 0 bridgehead atoms. The molecule has 1 aliphatic heterocycles. The van der Waals surface area contributed by atoms with Gasteiger partial charge >= 0.3 is 0 Å². The summed E-state index contributed by atoms with van der Waals surface area (Å²) in [7, 11) is -3.69. The summed E-state index contributed by atoms with van der Waals surface area (Å²) in [6.45, 7) is 11.5. The van der Waals surface area contributed by atoms with Gasteiger partial charge < -0.3 is 9.64 Å². The molecule has 0 spiro atoms. The number of rotatable bonds is 10. The van der Waals surface area contributed by atoms with Crippen LogP contribution < -0.4 is 4.90 Å². The lowest BCUT2D eigenvalue weighted by Crippen LogP contribution is -2.48. The fourth-order valence-electron chi connectivity index (χ4n) is 4.66. The maximum Gasteiger partial charge on any atom is 0.260 e. The van der Waals surface area contributed by atoms with Gasteiger partial charge in [0.15, 0.2) is 5.13 Å². The van der Waals surface area contributed by atoms with E-state index in [1.54, 1.807) is 28.8 Å². The SMILES string of the molecule is CCN(CC)CCN(C(=O)c1ccc(S(=O)(=O)N2CC(C)OC(C)C2)cc1)c1nc2c(SC)cccc2s1.Cl. The first-order valence-electron chi connectivity index (χ1n) is 12.9. The molecule has 1 aliphatic rings. The number of ether oxygens (including phenoxy) is 1. The van der Waals surface area contributed by atoms with Crippen molar-refractivity contribution < 1.29 is 17.9 Å². The standard InChI is InChI=1S/C27H36N4O4S3.ClH/c1-6-29(7-2)15-16-31(27-28-25-23(36-5)9-8-10-24(25)37-27)26(32)21-11-13-22(14-12-21)38(33,34)30-17-19(3)35-20(4)18-30;/h8-14,19-20H,6-7,15-18H2,1-5H3;1H. The van der Waals surface area contributed by atoms with Crippen LogP contribution in [0.3, 0.4) is 0 Å². The second-order valence-corrected chi connectivity index (χ2v) is 13.2. The van der Waals surface area contributed by atoms with Gasteiger partial charge in [0.25, 0.3) is 5.91 Å². The van der Waals surface area contributed by atoms with E-state index in [0.717, 1.165) is 28.2 Å². The molecule has 8 nitrogen and oxygen atoms in total. The van der Waals surface area contributed by atoms with Crippen molar-refractivity contribution in [2.45, 2.75) is 49.7 Å². The monoisotopic (exact) mass is 612 g/mol. The summed E-state index contributed by atoms with van der Waals surface area (Å²) in [5.41, 5.74) is 1.33. The number of halogens is 1. The van der Waals surface area contributed by atoms with E-state index in [0.29, 0.717) is 36.9 Å². The zero-order valence-electron chi connectivity index (χ0n) is 23.0. The normalized spacial score (nSPS) is 18.3. The molecule has 4 rings (SSSR count). The Morgan fingerprint density at radius 3 is 2.31 bits per heavy atom. The molecule has 3 aromatic rings. The molecular weight excluding hydrogens is 576 g/mol. The second-order valence-electron chi connectivity index (χ2n) is 9.39. The number of nitrogens with zero attached hydrogens (tertiary/aromatic N) is 4. The summed E-state index contributed by atoms with van der Waals surface area (Å²) in [6, 6.07) is 12.3. The van der Waals surface area contributed by atoms with Crippen molar-refractivity contribution in [1.29, 1.82) is 0 Å². The number of hydrogen-bond donors (Lipinski definition) is 0. The van der Waals surface area contributed by atoms with Crippen LogP contribution in [0.4, 0.5) is 5.13 Å². The molecule has 1 saturated heterocycles. The smallest absolute Gasteiger partial charge is 0.260 e. The van der Waals surface area contributed by atoms with Gasteiger partial charge in [-0.3, -0.25) is 9.69 Å². The lowest BCUT2D eigenvalue weighted by molar-refractivity contribution is -0.0440. The number of hydrogen-bond acceptors (Lipinski definition) is 8. The molecule has 2 unspecified atom stereocenters. The molecule has 1 fully saturated rings. The Morgan fingerprint density at radius 2 is 1.72 bits per heavy atom. The number of anilines is 1. The Hall–Kier alpha value is -1.73. The van der Waals surface area contributed by atoms with Crippen LogP contribution in [0, 0.1) is 0 Å². The number of fused-ring (bicyclic) bond motifs is 1. The first kappa shape index (κ1) is 31.8. The van der Waals surface area contributed by atoms with Gasteiger partial charge in [0.2, 0.25) is 10.0 Å². The molecule has 1 aromatic heterocycles. The van der Waals surface area contributed by atoms with Crippen LogP contribution in [0.25, 0.3) is 10.2 Å². The van der Waals surface area contributed by atoms with E-state index in [-0.39, 0.29) is 35.4 Å². The highest BCUT2D eigenvalue weighted by Gasteiger charge is 2.32. The number of morpholine rings is 1. The highest BCUT2D eigenvalue weighted by atomic mass is 35.5. The van der Waals surface area contributed by atoms with Crippen molar-refractivity contribution in [3.8, 4) is 0 Å². The summed E-state index contributed by atoms with van der Waals surface area (Å²) in [6.07, 6.45) is 1.67. The van der Waals surface area contributed by atoms with Crippen LogP contribution in [0.1, 0.15) is 38.1 Å². The lowest BCUT2D eigenvalue weighted by Gasteiger charge is -2.34. The van der Waals surface area contributed by atoms with Crippen LogP contribution >= 0.6 is 35.5 Å². The van der Waals surface area contributed by atoms with Crippen molar-refractivity contribution in [1.82, 2.24) is 14.2 Å². The third kappa shape index (κ3) is 7.13. The summed E-state index contributed by atoms with van der Waals surface area (Å²) in [5.74, 6) is -0.195. The highest BCUT2D eigenvalue weighted by molar-refractivity contribution is 7.98. The molecule has 2 atom stereocenters. The number of likely N-dealkylation sites (N-methyl/N-ethyl adjacent to an activating group) is 1. The number of thioether (sulfide) groups is 1. The lowest BCUT2D eigenvalue weighted by atomic mass is 10.2. The van der Waals surface area contributed by atoms with Gasteiger partial charge in [-0.15, -0.1) is 24.2 Å². The van der Waals surface area contributed by atoms with Crippen LogP contribution in [-0.4, -0.2) is 86.2 Å². The Balaban J connectivity index is 0.00000420. The van der Waals surface area contributed by atoms with Gasteiger partial charge in [-0.05, 0) is 69.6 Å². The van der Waals surface area contributed by atoms with Gasteiger partial charge in [-0.2, -0.15) is 4.31 Å². The van der Waals surface area contributed by atoms with E-state index >= 15 is 0 Å². The van der Waals surface area contributed by atoms with Crippen LogP contribution in [-0.2, 0) is 14.8 Å². The van der Waals surface area contributed by atoms with E-state index in [1.807, 2.05) is 38.3 Å². The average molecular weight is 613 g/mol. The van der Waals surface area contributed by atoms with E-state index in [9.17, 15) is 13.2 Å². The van der Waals surface area contributed by atoms with E-state index in [2.05, 4.69) is 18.7 Å². The number of benzene rings is 2. The molecule has 0 radical (unpaired) electrons. The number of carbonyl (C=O) groups is 1. The minimum atomic E-state index is -3.69. The maximum absolute atomic E-state index is 13.8. The van der Waals surface area contributed by atoms with Gasteiger partial charge in [0.1, 0.15) is 0 Å². The van der Waals surface area contributed by atoms with Gasteiger partial charge in [-0.25, -0.2) is 13.4 Å². The molecular formula is C27H37ClN4O4S3. The maximum atomic E-state index is 13.8. The van der Waals surface area contributed by atoms with Gasteiger partial charge in [0.05, 0.1) is 27.3 Å². The minimum Gasteiger partial charge on any atom is -0.373 e. The third-order valence-corrected chi connectivity index (χ3v) is 10.4. The highest BCUT2D eigenvalue weighted by Crippen LogP contribution is 2.34. The largest absolute Gasteiger partial charge is 0.373 e. The fourth-order valence-corrected chi connectivity index (χ4v) is 7.89. The van der Waals surface area contributed by atoms with E-state index in [1.165, 1.54) is 27.8 Å². The number of aromatic nitrogens is 1. The predicted octanol–water partition coefficient (Wildman–Crippen LogP) is 5.23. The number of sulfonamides is 1. The van der Waals surface area contributed by atoms with Gasteiger partial charge in [0, 0.05) is 36.6 Å². The van der Waals surface area contributed by atoms with Gasteiger partial charge in [-0.1, -0.05) is 31.3 Å². The fraction of sp³-hybridized carbons (Fsp3) is 0.481. The van der Waals surface area contributed by atoms with Crippen LogP contribution in [0.5, 0.6) is 0 Å². The summed E-state index contributed by atoms with van der Waals surface area (Å²) < 4.78 is 34.7. The molecule has 1 amide bonds. The second kappa shape index (κ2) is 13.8. The number of carbonyl (C=O) groups excluding carboxylic acids is 1. The first-order chi connectivity index (χ1) is 18.2. The van der Waals surface area contributed by atoms with E-state index in [4.69, 9.17) is 9.72 Å². The summed E-state index contributed by atoms with van der Waals surface area (Å²) in [5, 5.41) is 0.645. The Labute approximate surface area is 246 Å². The molecule has 214 valence electrons. The molecule has 0 saturated carbocycles. The quantitative estimate of drug-likeness (QED) is 0.290. The predicted molar refractivity (Wildman–Crippen MR) is 163 cm³/mol. The molecule has 2 aromatic carbocycles. The Morgan fingerprint density at radius 1 is 1.08 bits per heavy atom. The summed E-state index contributed by atoms with van der Waals surface area (Å²) >= 11 is 3.13.